The van der Waals surface area contributed by atoms with E-state index in [1.54, 1.807) is 0 Å². The summed E-state index contributed by atoms with van der Waals surface area (Å²) in [7, 11) is 0. The number of fused-ring (bicyclic) bond motifs is 2. The minimum Gasteiger partial charge on any atom is -0.310 e. The molecule has 0 fully saturated rings. The first-order chi connectivity index (χ1) is 41.5. The molecule has 0 aliphatic carbocycles. The summed E-state index contributed by atoms with van der Waals surface area (Å²) in [6.45, 7) is 2.66. The number of imide groups is 1. The zero-order valence-electron chi connectivity index (χ0n) is 47.5. The molecule has 84 heavy (non-hydrogen) atoms. The highest BCUT2D eigenvalue weighted by atomic mass is 16.2. The van der Waals surface area contributed by atoms with Gasteiger partial charge in [-0.05, 0) is 143 Å². The van der Waals surface area contributed by atoms with Crippen LogP contribution in [0.15, 0.2) is 273 Å². The molecule has 1 aliphatic rings. The highest BCUT2D eigenvalue weighted by Crippen LogP contribution is 2.45. The molecule has 1 aliphatic heterocycles. The van der Waals surface area contributed by atoms with Crippen molar-refractivity contribution in [3.63, 3.8) is 0 Å². The van der Waals surface area contributed by atoms with E-state index in [9.17, 15) is 9.59 Å². The number of carbonyl (C=O) groups excluding carboxylic acids is 2. The van der Waals surface area contributed by atoms with Gasteiger partial charge in [0.1, 0.15) is 0 Å². The minimum atomic E-state index is -0.219. The summed E-state index contributed by atoms with van der Waals surface area (Å²) in [6, 6.07) is 96.2. The molecule has 6 nitrogen and oxygen atoms in total. The highest BCUT2D eigenvalue weighted by molar-refractivity contribution is 6.27. The van der Waals surface area contributed by atoms with Gasteiger partial charge in [0.15, 0.2) is 0 Å². The van der Waals surface area contributed by atoms with Gasteiger partial charge in [-0.1, -0.05) is 222 Å². The van der Waals surface area contributed by atoms with E-state index in [4.69, 9.17) is 0 Å². The second-order valence-electron chi connectivity index (χ2n) is 22.0. The number of para-hydroxylation sites is 2. The topological polar surface area (TPSA) is 47.1 Å². The number of benzene rings is 12. The van der Waals surface area contributed by atoms with Gasteiger partial charge in [0.05, 0.1) is 17.1 Å². The zero-order valence-corrected chi connectivity index (χ0v) is 47.5. The average molecular weight is 1090 g/mol. The van der Waals surface area contributed by atoms with Crippen molar-refractivity contribution in [1.29, 1.82) is 0 Å². The van der Waals surface area contributed by atoms with Crippen LogP contribution in [0.3, 0.4) is 0 Å². The fourth-order valence-electron chi connectivity index (χ4n) is 12.4. The van der Waals surface area contributed by atoms with E-state index in [0.29, 0.717) is 23.1 Å². The Morgan fingerprint density at radius 2 is 0.619 bits per heavy atom. The first-order valence-electron chi connectivity index (χ1n) is 29.8. The summed E-state index contributed by atoms with van der Waals surface area (Å²) in [5.74, 6) is -0.438. The van der Waals surface area contributed by atoms with E-state index in [2.05, 4.69) is 276 Å². The number of rotatable bonds is 20. The Balaban J connectivity index is 0.837. The standard InChI is InChI=1S/C78H66N4O2/c1-2-3-4-5-6-7-8-19-55-79-77(83)71-34-22-33-70-75(54-53-72(76(70)71)78(79)84)82(66-49-41-58(42-50-66)56-37-45-64(46-38-56)80(62-27-11-9-12-28-62)73-35-20-25-60-23-15-17-31-68(60)73)67-51-43-59(44-52-67)57-39-47-65(48-40-57)81(63-29-13-10-14-30-63)74-36-21-26-61-24-16-18-32-69(61)74/h9-18,20-54H,2-8,19,55H2,1H3. The molecule has 2 amide bonds. The van der Waals surface area contributed by atoms with Crippen molar-refractivity contribution in [2.75, 3.05) is 21.2 Å². The maximum absolute atomic E-state index is 14.4. The second-order valence-corrected chi connectivity index (χ2v) is 22.0. The van der Waals surface area contributed by atoms with Crippen molar-refractivity contribution in [2.24, 2.45) is 0 Å². The predicted octanol–water partition coefficient (Wildman–Crippen LogP) is 21.6. The molecule has 0 radical (unpaired) electrons. The average Bonchev–Trinajstić information content (AvgIpc) is 1.69. The molecule has 12 aromatic carbocycles. The Morgan fingerprint density at radius 1 is 0.286 bits per heavy atom. The lowest BCUT2D eigenvalue weighted by Gasteiger charge is -2.31. The zero-order chi connectivity index (χ0) is 56.8. The molecule has 0 saturated carbocycles. The van der Waals surface area contributed by atoms with Gasteiger partial charge in [-0.2, -0.15) is 0 Å². The number of carbonyl (C=O) groups is 2. The number of amides is 2. The van der Waals surface area contributed by atoms with Gasteiger partial charge in [0.2, 0.25) is 0 Å². The number of unbranched alkanes of at least 4 members (excludes halogenated alkanes) is 7. The van der Waals surface area contributed by atoms with E-state index in [1.165, 1.54) is 58.5 Å². The Labute approximate surface area is 493 Å². The lowest BCUT2D eigenvalue weighted by molar-refractivity contribution is 0.0607. The van der Waals surface area contributed by atoms with E-state index in [-0.39, 0.29) is 11.8 Å². The van der Waals surface area contributed by atoms with Crippen LogP contribution in [0.4, 0.5) is 51.2 Å². The fourth-order valence-corrected chi connectivity index (χ4v) is 12.4. The minimum absolute atomic E-state index is 0.219. The van der Waals surface area contributed by atoms with Crippen LogP contribution in [-0.4, -0.2) is 23.3 Å². The molecule has 0 spiro atoms. The van der Waals surface area contributed by atoms with E-state index < -0.39 is 0 Å². The summed E-state index contributed by atoms with van der Waals surface area (Å²) in [5, 5.41) is 6.31. The lowest BCUT2D eigenvalue weighted by atomic mass is 9.92. The van der Waals surface area contributed by atoms with E-state index in [0.717, 1.165) is 98.1 Å². The largest absolute Gasteiger partial charge is 0.310 e. The van der Waals surface area contributed by atoms with Crippen LogP contribution in [0.25, 0.3) is 54.6 Å². The van der Waals surface area contributed by atoms with E-state index in [1.807, 2.05) is 18.2 Å². The quantitative estimate of drug-likeness (QED) is 0.0562. The molecular formula is C78H66N4O2. The van der Waals surface area contributed by atoms with Gasteiger partial charge in [-0.15, -0.1) is 0 Å². The number of nitrogens with zero attached hydrogens (tertiary/aromatic N) is 4. The van der Waals surface area contributed by atoms with Crippen LogP contribution in [0.1, 0.15) is 79.0 Å². The molecule has 0 unspecified atom stereocenters. The summed E-state index contributed by atoms with van der Waals surface area (Å²) in [6.07, 6.45) is 9.13. The van der Waals surface area contributed by atoms with Gasteiger partial charge in [0, 0.05) is 73.3 Å². The smallest absolute Gasteiger partial charge is 0.261 e. The Morgan fingerprint density at radius 3 is 1.06 bits per heavy atom. The third-order valence-electron chi connectivity index (χ3n) is 16.7. The van der Waals surface area contributed by atoms with Crippen LogP contribution >= 0.6 is 0 Å². The molecule has 0 atom stereocenters. The van der Waals surface area contributed by atoms with Gasteiger partial charge in [-0.3, -0.25) is 14.5 Å². The SMILES string of the molecule is CCCCCCCCCCN1C(=O)c2cccc3c(N(c4ccc(-c5ccc(N(c6ccccc6)c6cccc7ccccc67)cc5)cc4)c4ccc(-c5ccc(N(c6ccccc6)c6cccc7ccccc67)cc5)cc4)ccc(c23)C1=O. The highest BCUT2D eigenvalue weighted by Gasteiger charge is 2.34. The van der Waals surface area contributed by atoms with Crippen LogP contribution in [-0.2, 0) is 0 Å². The van der Waals surface area contributed by atoms with Crippen LogP contribution < -0.4 is 14.7 Å². The summed E-state index contributed by atoms with van der Waals surface area (Å²) >= 11 is 0. The summed E-state index contributed by atoms with van der Waals surface area (Å²) in [5.41, 5.74) is 14.8. The molecule has 0 saturated heterocycles. The van der Waals surface area contributed by atoms with Gasteiger partial charge >= 0.3 is 0 Å². The van der Waals surface area contributed by atoms with Crippen molar-refractivity contribution in [3.8, 4) is 22.3 Å². The Kier molecular flexibility index (Phi) is 15.3. The maximum Gasteiger partial charge on any atom is 0.261 e. The van der Waals surface area contributed by atoms with Crippen LogP contribution in [0.2, 0.25) is 0 Å². The van der Waals surface area contributed by atoms with Gasteiger partial charge < -0.3 is 14.7 Å². The van der Waals surface area contributed by atoms with Crippen molar-refractivity contribution in [2.45, 2.75) is 58.3 Å². The molecule has 13 rings (SSSR count). The fraction of sp³-hybridized carbons (Fsp3) is 0.128. The molecule has 410 valence electrons. The van der Waals surface area contributed by atoms with Crippen LogP contribution in [0, 0.1) is 0 Å². The predicted molar refractivity (Wildman–Crippen MR) is 352 cm³/mol. The number of hydrogen-bond acceptors (Lipinski definition) is 5. The Hall–Kier alpha value is -10.0. The number of hydrogen-bond donors (Lipinski definition) is 0. The molecule has 6 heteroatoms. The first-order valence-corrected chi connectivity index (χ1v) is 29.8. The van der Waals surface area contributed by atoms with Crippen molar-refractivity contribution in [3.05, 3.63) is 284 Å². The third kappa shape index (κ3) is 10.6. The second kappa shape index (κ2) is 24.2. The summed E-state index contributed by atoms with van der Waals surface area (Å²) in [4.78, 5) is 37.2. The third-order valence-corrected chi connectivity index (χ3v) is 16.7. The van der Waals surface area contributed by atoms with Gasteiger partial charge in [-0.25, -0.2) is 0 Å². The molecular weight excluding hydrogens is 1020 g/mol. The summed E-state index contributed by atoms with van der Waals surface area (Å²) < 4.78 is 0. The normalized spacial score (nSPS) is 12.1. The maximum atomic E-state index is 14.4. The van der Waals surface area contributed by atoms with Crippen molar-refractivity contribution in [1.82, 2.24) is 4.90 Å². The van der Waals surface area contributed by atoms with Gasteiger partial charge in [0.25, 0.3) is 11.8 Å². The monoisotopic (exact) mass is 1090 g/mol. The van der Waals surface area contributed by atoms with Crippen molar-refractivity contribution >= 4 is 95.3 Å². The molecule has 12 aromatic rings. The molecule has 1 heterocycles. The van der Waals surface area contributed by atoms with Crippen LogP contribution in [0.5, 0.6) is 0 Å². The lowest BCUT2D eigenvalue weighted by Crippen LogP contribution is -2.41. The Bertz CT molecular complexity index is 4030. The molecule has 0 N–H and O–H groups in total. The van der Waals surface area contributed by atoms with E-state index >= 15 is 0 Å². The van der Waals surface area contributed by atoms with Crippen molar-refractivity contribution < 1.29 is 9.59 Å². The molecule has 0 aromatic heterocycles. The molecule has 0 bridgehead atoms. The number of anilines is 9. The first kappa shape index (κ1) is 53.3.